The lowest BCUT2D eigenvalue weighted by Gasteiger charge is -2.06. The standard InChI is InChI=1S/C33H45NO5/c1-2-3-4-5-6-7-8-9-10-11-12-13-14-15-16-20-33(36)39-31-19-17-18-28(27-31)21-26-32(35)29-22-24-30(25-23-29)34(37)38/h17-19,21-27H,2-16,20H2,1H3/b26-21+. The van der Waals surface area contributed by atoms with E-state index in [4.69, 9.17) is 4.74 Å². The van der Waals surface area contributed by atoms with E-state index in [9.17, 15) is 19.7 Å². The summed E-state index contributed by atoms with van der Waals surface area (Å²) in [6.45, 7) is 2.26. The zero-order valence-corrected chi connectivity index (χ0v) is 23.6. The number of nitrogens with zero attached hydrogens (tertiary/aromatic N) is 1. The zero-order chi connectivity index (χ0) is 28.1. The molecule has 0 bridgehead atoms. The van der Waals surface area contributed by atoms with Crippen molar-refractivity contribution in [2.75, 3.05) is 0 Å². The van der Waals surface area contributed by atoms with Crippen LogP contribution in [-0.4, -0.2) is 16.7 Å². The second-order valence-corrected chi connectivity index (χ2v) is 10.2. The van der Waals surface area contributed by atoms with Gasteiger partial charge >= 0.3 is 5.97 Å². The maximum Gasteiger partial charge on any atom is 0.311 e. The Morgan fingerprint density at radius 1 is 0.769 bits per heavy atom. The number of ether oxygens (including phenoxy) is 1. The first-order valence-corrected chi connectivity index (χ1v) is 14.8. The Labute approximate surface area is 234 Å². The Bertz CT molecular complexity index is 1030. The predicted octanol–water partition coefficient (Wildman–Crippen LogP) is 9.66. The normalized spacial score (nSPS) is 11.1. The molecule has 0 saturated heterocycles. The van der Waals surface area contributed by atoms with E-state index in [0.29, 0.717) is 17.7 Å². The number of hydrogen-bond donors (Lipinski definition) is 0. The highest BCUT2D eigenvalue weighted by Crippen LogP contribution is 2.18. The molecule has 0 N–H and O–H groups in total. The summed E-state index contributed by atoms with van der Waals surface area (Å²) in [5.41, 5.74) is 1.03. The van der Waals surface area contributed by atoms with Gasteiger partial charge in [0, 0.05) is 24.1 Å². The number of nitro benzene ring substituents is 1. The summed E-state index contributed by atoms with van der Waals surface area (Å²) >= 11 is 0. The highest BCUT2D eigenvalue weighted by Gasteiger charge is 2.08. The summed E-state index contributed by atoms with van der Waals surface area (Å²) in [5, 5.41) is 10.8. The molecule has 0 aliphatic heterocycles. The average molecular weight is 536 g/mol. The molecular formula is C33H45NO5. The molecule has 0 amide bonds. The fraction of sp³-hybridized carbons (Fsp3) is 0.515. The minimum atomic E-state index is -0.503. The quantitative estimate of drug-likeness (QED) is 0.0302. The van der Waals surface area contributed by atoms with Gasteiger partial charge < -0.3 is 4.74 Å². The van der Waals surface area contributed by atoms with Gasteiger partial charge in [0.25, 0.3) is 5.69 Å². The third-order valence-electron chi connectivity index (χ3n) is 6.86. The maximum absolute atomic E-state index is 12.3. The van der Waals surface area contributed by atoms with Crippen LogP contribution in [0.15, 0.2) is 54.6 Å². The van der Waals surface area contributed by atoms with E-state index in [1.54, 1.807) is 24.3 Å². The van der Waals surface area contributed by atoms with Crippen molar-refractivity contribution in [1.29, 1.82) is 0 Å². The number of rotatable bonds is 21. The van der Waals surface area contributed by atoms with E-state index in [2.05, 4.69) is 6.92 Å². The molecule has 0 heterocycles. The molecule has 0 aliphatic rings. The molecule has 6 nitrogen and oxygen atoms in total. The van der Waals surface area contributed by atoms with Crippen LogP contribution in [0.5, 0.6) is 5.75 Å². The molecule has 2 aromatic rings. The Kier molecular flexibility index (Phi) is 16.2. The van der Waals surface area contributed by atoms with Crippen LogP contribution in [0, 0.1) is 10.1 Å². The third kappa shape index (κ3) is 14.4. The van der Waals surface area contributed by atoms with Crippen LogP contribution in [-0.2, 0) is 4.79 Å². The van der Waals surface area contributed by atoms with Crippen LogP contribution in [0.2, 0.25) is 0 Å². The number of carbonyl (C=O) groups excluding carboxylic acids is 2. The van der Waals surface area contributed by atoms with Crippen molar-refractivity contribution in [3.63, 3.8) is 0 Å². The van der Waals surface area contributed by atoms with Gasteiger partial charge in [-0.05, 0) is 42.3 Å². The van der Waals surface area contributed by atoms with Gasteiger partial charge in [-0.3, -0.25) is 19.7 Å². The highest BCUT2D eigenvalue weighted by molar-refractivity contribution is 6.06. The molecule has 0 atom stereocenters. The van der Waals surface area contributed by atoms with Crippen LogP contribution < -0.4 is 4.74 Å². The topological polar surface area (TPSA) is 86.5 Å². The van der Waals surface area contributed by atoms with Gasteiger partial charge in [0.1, 0.15) is 5.75 Å². The Morgan fingerprint density at radius 3 is 1.85 bits per heavy atom. The average Bonchev–Trinajstić information content (AvgIpc) is 2.94. The number of benzene rings is 2. The molecule has 2 aromatic carbocycles. The number of non-ortho nitro benzene ring substituents is 1. The molecular weight excluding hydrogens is 490 g/mol. The zero-order valence-electron chi connectivity index (χ0n) is 23.6. The van der Waals surface area contributed by atoms with Crippen LogP contribution in [0.4, 0.5) is 5.69 Å². The Balaban J connectivity index is 1.55. The molecule has 212 valence electrons. The van der Waals surface area contributed by atoms with Crippen molar-refractivity contribution in [3.8, 4) is 5.75 Å². The van der Waals surface area contributed by atoms with Crippen molar-refractivity contribution in [1.82, 2.24) is 0 Å². The van der Waals surface area contributed by atoms with E-state index in [-0.39, 0.29) is 17.4 Å². The first-order valence-electron chi connectivity index (χ1n) is 14.8. The number of unbranched alkanes of at least 4 members (excludes halogenated alkanes) is 14. The van der Waals surface area contributed by atoms with E-state index in [1.807, 2.05) is 6.07 Å². The summed E-state index contributed by atoms with van der Waals surface area (Å²) in [5.74, 6) is -0.0564. The van der Waals surface area contributed by atoms with Crippen LogP contribution in [0.1, 0.15) is 126 Å². The largest absolute Gasteiger partial charge is 0.427 e. The first kappa shape index (κ1) is 31.9. The van der Waals surface area contributed by atoms with Crippen molar-refractivity contribution >= 4 is 23.5 Å². The molecule has 0 saturated carbocycles. The van der Waals surface area contributed by atoms with Gasteiger partial charge in [-0.2, -0.15) is 0 Å². The minimum Gasteiger partial charge on any atom is -0.427 e. The molecule has 0 radical (unpaired) electrons. The lowest BCUT2D eigenvalue weighted by molar-refractivity contribution is -0.384. The van der Waals surface area contributed by atoms with Gasteiger partial charge in [-0.25, -0.2) is 0 Å². The van der Waals surface area contributed by atoms with E-state index in [1.165, 1.54) is 107 Å². The molecule has 0 spiro atoms. The van der Waals surface area contributed by atoms with Crippen LogP contribution >= 0.6 is 0 Å². The van der Waals surface area contributed by atoms with E-state index >= 15 is 0 Å². The Morgan fingerprint density at radius 2 is 1.31 bits per heavy atom. The third-order valence-corrected chi connectivity index (χ3v) is 6.86. The number of nitro groups is 1. The van der Waals surface area contributed by atoms with Crippen molar-refractivity contribution < 1.29 is 19.2 Å². The van der Waals surface area contributed by atoms with Gasteiger partial charge in [0.2, 0.25) is 0 Å². The first-order chi connectivity index (χ1) is 19.0. The molecule has 0 aliphatic carbocycles. The number of ketones is 1. The summed E-state index contributed by atoms with van der Waals surface area (Å²) in [4.78, 5) is 34.8. The van der Waals surface area contributed by atoms with Gasteiger partial charge in [-0.1, -0.05) is 115 Å². The second-order valence-electron chi connectivity index (χ2n) is 10.2. The number of carbonyl (C=O) groups is 2. The SMILES string of the molecule is CCCCCCCCCCCCCCCCCC(=O)Oc1cccc(/C=C/C(=O)c2ccc([N+](=O)[O-])cc2)c1. The van der Waals surface area contributed by atoms with E-state index in [0.717, 1.165) is 24.8 Å². The fourth-order valence-corrected chi connectivity index (χ4v) is 4.52. The van der Waals surface area contributed by atoms with Crippen molar-refractivity contribution in [2.45, 2.75) is 110 Å². The molecule has 0 fully saturated rings. The second kappa shape index (κ2) is 19.7. The summed E-state index contributed by atoms with van der Waals surface area (Å²) < 4.78 is 5.48. The van der Waals surface area contributed by atoms with Crippen molar-refractivity contribution in [2.24, 2.45) is 0 Å². The summed E-state index contributed by atoms with van der Waals surface area (Å²) in [6.07, 6.45) is 22.7. The van der Waals surface area contributed by atoms with Gasteiger partial charge in [0.15, 0.2) is 5.78 Å². The summed E-state index contributed by atoms with van der Waals surface area (Å²) in [6, 6.07) is 12.5. The number of esters is 1. The van der Waals surface area contributed by atoms with Gasteiger partial charge in [0.05, 0.1) is 4.92 Å². The highest BCUT2D eigenvalue weighted by atomic mass is 16.6. The molecule has 0 unspecified atom stereocenters. The molecule has 2 rings (SSSR count). The number of hydrogen-bond acceptors (Lipinski definition) is 5. The number of allylic oxidation sites excluding steroid dienone is 1. The predicted molar refractivity (Wildman–Crippen MR) is 158 cm³/mol. The molecule has 6 heteroatoms. The molecule has 0 aromatic heterocycles. The lowest BCUT2D eigenvalue weighted by Crippen LogP contribution is -2.07. The minimum absolute atomic E-state index is 0.0607. The Hall–Kier alpha value is -3.28. The fourth-order valence-electron chi connectivity index (χ4n) is 4.52. The van der Waals surface area contributed by atoms with Gasteiger partial charge in [-0.15, -0.1) is 0 Å². The lowest BCUT2D eigenvalue weighted by atomic mass is 10.0. The molecule has 39 heavy (non-hydrogen) atoms. The van der Waals surface area contributed by atoms with Crippen LogP contribution in [0.25, 0.3) is 6.08 Å². The van der Waals surface area contributed by atoms with Crippen LogP contribution in [0.3, 0.4) is 0 Å². The summed E-state index contributed by atoms with van der Waals surface area (Å²) in [7, 11) is 0. The smallest absolute Gasteiger partial charge is 0.311 e. The monoisotopic (exact) mass is 535 g/mol. The maximum atomic E-state index is 12.3. The van der Waals surface area contributed by atoms with E-state index < -0.39 is 4.92 Å². The van der Waals surface area contributed by atoms with Crippen molar-refractivity contribution in [3.05, 3.63) is 75.8 Å².